The molecule has 2 nitrogen and oxygen atoms in total. The Balaban J connectivity index is 2.37. The normalized spacial score (nSPS) is 25.8. The van der Waals surface area contributed by atoms with E-state index in [0.29, 0.717) is 17.2 Å². The van der Waals surface area contributed by atoms with Crippen molar-refractivity contribution in [2.75, 3.05) is 0 Å². The third-order valence-corrected chi connectivity index (χ3v) is 7.72. The summed E-state index contributed by atoms with van der Waals surface area (Å²) in [4.78, 5) is 0.452. The van der Waals surface area contributed by atoms with Gasteiger partial charge >= 0.3 is 0 Å². The van der Waals surface area contributed by atoms with E-state index in [2.05, 4.69) is 19.9 Å². The zero-order valence-corrected chi connectivity index (χ0v) is 14.8. The van der Waals surface area contributed by atoms with Crippen molar-refractivity contribution in [3.05, 3.63) is 42.0 Å². The van der Waals surface area contributed by atoms with Gasteiger partial charge in [0, 0.05) is 0 Å². The van der Waals surface area contributed by atoms with Crippen LogP contribution in [0.25, 0.3) is 0 Å². The molecule has 0 aromatic heterocycles. The lowest BCUT2D eigenvalue weighted by Crippen LogP contribution is -2.39. The first-order valence-corrected chi connectivity index (χ1v) is 9.94. The van der Waals surface area contributed by atoms with Crippen LogP contribution in [0.1, 0.15) is 59.3 Å². The molecule has 1 aliphatic rings. The van der Waals surface area contributed by atoms with Crippen LogP contribution in [0.5, 0.6) is 0 Å². The SMILES string of the molecule is CCCCC1CCC(CC)(S(=O)(=O)c2ccccc2)C=C1C. The fourth-order valence-corrected chi connectivity index (χ4v) is 5.68. The van der Waals surface area contributed by atoms with Crippen LogP contribution in [0.2, 0.25) is 0 Å². The largest absolute Gasteiger partial charge is 0.223 e. The van der Waals surface area contributed by atoms with Gasteiger partial charge in [-0.25, -0.2) is 8.42 Å². The molecule has 2 rings (SSSR count). The highest BCUT2D eigenvalue weighted by atomic mass is 32.2. The summed E-state index contributed by atoms with van der Waals surface area (Å²) in [5.41, 5.74) is 1.26. The maximum Gasteiger partial charge on any atom is 0.187 e. The van der Waals surface area contributed by atoms with Crippen molar-refractivity contribution in [1.29, 1.82) is 0 Å². The molecule has 2 unspecified atom stereocenters. The topological polar surface area (TPSA) is 34.1 Å². The summed E-state index contributed by atoms with van der Waals surface area (Å²) in [6, 6.07) is 8.91. The Morgan fingerprint density at radius 1 is 1.18 bits per heavy atom. The van der Waals surface area contributed by atoms with Gasteiger partial charge < -0.3 is 0 Å². The number of unbranched alkanes of at least 4 members (excludes halogenated alkanes) is 1. The van der Waals surface area contributed by atoms with Crippen LogP contribution in [-0.4, -0.2) is 13.2 Å². The predicted octanol–water partition coefficient (Wildman–Crippen LogP) is 5.16. The fraction of sp³-hybridized carbons (Fsp3) is 0.579. The Labute approximate surface area is 135 Å². The second kappa shape index (κ2) is 6.99. The van der Waals surface area contributed by atoms with Gasteiger partial charge in [-0.15, -0.1) is 0 Å². The quantitative estimate of drug-likeness (QED) is 0.679. The Morgan fingerprint density at radius 3 is 2.41 bits per heavy atom. The van der Waals surface area contributed by atoms with E-state index in [9.17, 15) is 8.42 Å². The highest BCUT2D eigenvalue weighted by molar-refractivity contribution is 7.93. The minimum atomic E-state index is -3.33. The molecule has 0 aliphatic heterocycles. The minimum absolute atomic E-state index is 0.452. The van der Waals surface area contributed by atoms with Gasteiger partial charge in [0.25, 0.3) is 0 Å². The van der Waals surface area contributed by atoms with Crippen LogP contribution in [0, 0.1) is 5.92 Å². The average molecular weight is 320 g/mol. The van der Waals surface area contributed by atoms with Crippen molar-refractivity contribution in [3.8, 4) is 0 Å². The molecule has 0 radical (unpaired) electrons. The van der Waals surface area contributed by atoms with Gasteiger partial charge in [-0.3, -0.25) is 0 Å². The molecule has 0 amide bonds. The Hall–Kier alpha value is -1.09. The van der Waals surface area contributed by atoms with E-state index in [1.165, 1.54) is 24.8 Å². The molecule has 1 aromatic carbocycles. The second-order valence-corrected chi connectivity index (χ2v) is 8.79. The molecule has 0 saturated heterocycles. The maximum absolute atomic E-state index is 13.2. The van der Waals surface area contributed by atoms with Crippen molar-refractivity contribution in [3.63, 3.8) is 0 Å². The Morgan fingerprint density at radius 2 is 1.86 bits per heavy atom. The van der Waals surface area contributed by atoms with E-state index in [1.807, 2.05) is 13.0 Å². The molecule has 122 valence electrons. The summed E-state index contributed by atoms with van der Waals surface area (Å²) < 4.78 is 25.6. The van der Waals surface area contributed by atoms with E-state index in [4.69, 9.17) is 0 Å². The first-order valence-electron chi connectivity index (χ1n) is 8.46. The van der Waals surface area contributed by atoms with Crippen LogP contribution < -0.4 is 0 Å². The van der Waals surface area contributed by atoms with Gasteiger partial charge in [-0.05, 0) is 50.7 Å². The molecule has 0 heterocycles. The molecule has 0 fully saturated rings. The zero-order valence-electron chi connectivity index (χ0n) is 14.0. The molecule has 0 N–H and O–H groups in total. The second-order valence-electron chi connectivity index (χ2n) is 6.50. The number of rotatable bonds is 6. The van der Waals surface area contributed by atoms with Crippen LogP contribution >= 0.6 is 0 Å². The van der Waals surface area contributed by atoms with Crippen molar-refractivity contribution in [1.82, 2.24) is 0 Å². The smallest absolute Gasteiger partial charge is 0.187 e. The average Bonchev–Trinajstić information content (AvgIpc) is 2.54. The summed E-state index contributed by atoms with van der Waals surface area (Å²) in [6.07, 6.45) is 8.05. The third kappa shape index (κ3) is 3.15. The Kier molecular flexibility index (Phi) is 5.49. The number of hydrogen-bond donors (Lipinski definition) is 0. The number of hydrogen-bond acceptors (Lipinski definition) is 2. The molecule has 0 bridgehead atoms. The summed E-state index contributed by atoms with van der Waals surface area (Å²) in [5, 5.41) is 0. The van der Waals surface area contributed by atoms with Crippen molar-refractivity contribution >= 4 is 9.84 Å². The predicted molar refractivity (Wildman–Crippen MR) is 92.7 cm³/mol. The first-order chi connectivity index (χ1) is 10.5. The highest BCUT2D eigenvalue weighted by Gasteiger charge is 2.43. The number of benzene rings is 1. The van der Waals surface area contributed by atoms with E-state index >= 15 is 0 Å². The number of sulfone groups is 1. The lowest BCUT2D eigenvalue weighted by atomic mass is 9.79. The molecule has 3 heteroatoms. The van der Waals surface area contributed by atoms with Crippen LogP contribution in [0.4, 0.5) is 0 Å². The molecule has 2 atom stereocenters. The summed E-state index contributed by atoms with van der Waals surface area (Å²) in [6.45, 7) is 6.32. The summed E-state index contributed by atoms with van der Waals surface area (Å²) in [7, 11) is -3.33. The van der Waals surface area contributed by atoms with E-state index in [1.54, 1.807) is 24.3 Å². The van der Waals surface area contributed by atoms with E-state index in [0.717, 1.165) is 12.8 Å². The minimum Gasteiger partial charge on any atom is -0.223 e. The monoisotopic (exact) mass is 320 g/mol. The molecular weight excluding hydrogens is 292 g/mol. The number of allylic oxidation sites excluding steroid dienone is 1. The van der Waals surface area contributed by atoms with Gasteiger partial charge in [0.05, 0.1) is 9.64 Å². The van der Waals surface area contributed by atoms with Crippen LogP contribution in [-0.2, 0) is 9.84 Å². The Bertz CT molecular complexity index is 616. The summed E-state index contributed by atoms with van der Waals surface area (Å²) in [5.74, 6) is 0.561. The summed E-state index contributed by atoms with van der Waals surface area (Å²) >= 11 is 0. The lowest BCUT2D eigenvalue weighted by molar-refractivity contribution is 0.405. The lowest BCUT2D eigenvalue weighted by Gasteiger charge is -2.37. The zero-order chi connectivity index (χ0) is 16.2. The molecule has 1 aliphatic carbocycles. The molecule has 22 heavy (non-hydrogen) atoms. The first kappa shape index (κ1) is 17.3. The van der Waals surface area contributed by atoms with Gasteiger partial charge in [0.15, 0.2) is 9.84 Å². The van der Waals surface area contributed by atoms with Crippen molar-refractivity contribution < 1.29 is 8.42 Å². The molecule has 1 aromatic rings. The van der Waals surface area contributed by atoms with Crippen molar-refractivity contribution in [2.45, 2.75) is 68.9 Å². The fourth-order valence-electron chi connectivity index (χ4n) is 3.59. The highest BCUT2D eigenvalue weighted by Crippen LogP contribution is 2.42. The van der Waals surface area contributed by atoms with Gasteiger partial charge in [-0.2, -0.15) is 0 Å². The third-order valence-electron chi connectivity index (χ3n) is 5.14. The molecular formula is C19H28O2S. The van der Waals surface area contributed by atoms with Gasteiger partial charge in [-0.1, -0.05) is 56.5 Å². The van der Waals surface area contributed by atoms with Crippen LogP contribution in [0.3, 0.4) is 0 Å². The maximum atomic E-state index is 13.2. The standard InChI is InChI=1S/C19H28O2S/c1-4-6-10-17-13-14-19(5-2,15-16(17)3)22(20,21)18-11-8-7-9-12-18/h7-9,11-12,15,17H,4-6,10,13-14H2,1-3H3. The van der Waals surface area contributed by atoms with Gasteiger partial charge in [0.2, 0.25) is 0 Å². The van der Waals surface area contributed by atoms with E-state index in [-0.39, 0.29) is 0 Å². The van der Waals surface area contributed by atoms with E-state index < -0.39 is 14.6 Å². The van der Waals surface area contributed by atoms with Crippen LogP contribution in [0.15, 0.2) is 46.9 Å². The molecule has 0 spiro atoms. The molecule has 0 saturated carbocycles. The van der Waals surface area contributed by atoms with Crippen molar-refractivity contribution in [2.24, 2.45) is 5.92 Å². The van der Waals surface area contributed by atoms with Gasteiger partial charge in [0.1, 0.15) is 0 Å².